The number of rotatable bonds is 5. The Morgan fingerprint density at radius 2 is 1.52 bits per heavy atom. The normalized spacial score (nSPS) is 12.9. The summed E-state index contributed by atoms with van der Waals surface area (Å²) < 4.78 is 37.7. The van der Waals surface area contributed by atoms with E-state index in [2.05, 4.69) is 19.2 Å². The van der Waals surface area contributed by atoms with E-state index in [4.69, 9.17) is 0 Å². The Morgan fingerprint density at radius 1 is 0.960 bits per heavy atom. The van der Waals surface area contributed by atoms with Crippen molar-refractivity contribution in [2.24, 2.45) is 5.92 Å². The molecule has 0 aromatic heterocycles. The van der Waals surface area contributed by atoms with Crippen LogP contribution in [0.25, 0.3) is 0 Å². The van der Waals surface area contributed by atoms with Gasteiger partial charge >= 0.3 is 6.18 Å². The molecule has 0 heterocycles. The predicted octanol–water partition coefficient (Wildman–Crippen LogP) is 5.65. The van der Waals surface area contributed by atoms with Crippen molar-refractivity contribution in [2.45, 2.75) is 39.3 Å². The van der Waals surface area contributed by atoms with Crippen LogP contribution in [0.5, 0.6) is 0 Å². The fraction of sp³-hybridized carbons (Fsp3) is 0.350. The third kappa shape index (κ3) is 5.34. The zero-order chi connectivity index (χ0) is 18.6. The summed E-state index contributed by atoms with van der Waals surface area (Å²) in [7, 11) is 0. The summed E-state index contributed by atoms with van der Waals surface area (Å²) in [4.78, 5) is 12.3. The molecule has 0 saturated carbocycles. The van der Waals surface area contributed by atoms with Gasteiger partial charge in [0.2, 0.25) is 5.91 Å². The summed E-state index contributed by atoms with van der Waals surface area (Å²) in [5, 5.41) is 2.66. The molecule has 5 heteroatoms. The third-order valence-electron chi connectivity index (χ3n) is 4.00. The van der Waals surface area contributed by atoms with Gasteiger partial charge in [-0.05, 0) is 54.7 Å². The van der Waals surface area contributed by atoms with E-state index in [0.717, 1.165) is 24.1 Å². The van der Waals surface area contributed by atoms with Crippen LogP contribution < -0.4 is 5.32 Å². The molecule has 2 rings (SSSR count). The van der Waals surface area contributed by atoms with Crippen LogP contribution in [0.2, 0.25) is 0 Å². The summed E-state index contributed by atoms with van der Waals surface area (Å²) in [5.41, 5.74) is 1.70. The van der Waals surface area contributed by atoms with E-state index in [1.54, 1.807) is 6.92 Å². The van der Waals surface area contributed by atoms with Gasteiger partial charge in [-0.25, -0.2) is 0 Å². The van der Waals surface area contributed by atoms with E-state index in [0.29, 0.717) is 11.6 Å². The van der Waals surface area contributed by atoms with Gasteiger partial charge in [0.15, 0.2) is 0 Å². The number of hydrogen-bond donors (Lipinski definition) is 1. The number of hydrogen-bond acceptors (Lipinski definition) is 1. The first-order chi connectivity index (χ1) is 11.7. The van der Waals surface area contributed by atoms with Crippen LogP contribution in [0.3, 0.4) is 0 Å². The van der Waals surface area contributed by atoms with Crippen molar-refractivity contribution in [2.75, 3.05) is 5.32 Å². The quantitative estimate of drug-likeness (QED) is 0.743. The van der Waals surface area contributed by atoms with E-state index >= 15 is 0 Å². The molecule has 0 spiro atoms. The highest BCUT2D eigenvalue weighted by Crippen LogP contribution is 2.30. The standard InChI is InChI=1S/C20H22F3NO/c1-13(2)12-15-4-6-16(7-5-15)14(3)19(25)24-18-10-8-17(9-11-18)20(21,22)23/h4-11,13-14H,12H2,1-3H3,(H,24,25). The predicted molar refractivity (Wildman–Crippen MR) is 93.5 cm³/mol. The maximum absolute atomic E-state index is 12.6. The van der Waals surface area contributed by atoms with Crippen LogP contribution in [-0.2, 0) is 17.4 Å². The van der Waals surface area contributed by atoms with Crippen LogP contribution >= 0.6 is 0 Å². The number of nitrogens with one attached hydrogen (secondary N) is 1. The SMILES string of the molecule is CC(C)Cc1ccc(C(C)C(=O)Nc2ccc(C(F)(F)F)cc2)cc1. The number of carbonyl (C=O) groups excluding carboxylic acids is 1. The van der Waals surface area contributed by atoms with Crippen LogP contribution in [0.1, 0.15) is 43.4 Å². The molecule has 134 valence electrons. The lowest BCUT2D eigenvalue weighted by molar-refractivity contribution is -0.137. The number of amides is 1. The van der Waals surface area contributed by atoms with Gasteiger partial charge in [0.1, 0.15) is 0 Å². The minimum Gasteiger partial charge on any atom is -0.326 e. The van der Waals surface area contributed by atoms with E-state index in [1.165, 1.54) is 17.7 Å². The van der Waals surface area contributed by atoms with Crippen LogP contribution in [-0.4, -0.2) is 5.91 Å². The van der Waals surface area contributed by atoms with Crippen molar-refractivity contribution in [3.63, 3.8) is 0 Å². The summed E-state index contributed by atoms with van der Waals surface area (Å²) in [5.74, 6) is -0.0852. The Balaban J connectivity index is 2.02. The smallest absolute Gasteiger partial charge is 0.326 e. The van der Waals surface area contributed by atoms with Crippen molar-refractivity contribution >= 4 is 11.6 Å². The minimum atomic E-state index is -4.38. The van der Waals surface area contributed by atoms with Crippen LogP contribution in [0, 0.1) is 5.92 Å². The van der Waals surface area contributed by atoms with Gasteiger partial charge in [-0.15, -0.1) is 0 Å². The van der Waals surface area contributed by atoms with Gasteiger partial charge in [-0.3, -0.25) is 4.79 Å². The van der Waals surface area contributed by atoms with Crippen molar-refractivity contribution in [1.82, 2.24) is 0 Å². The van der Waals surface area contributed by atoms with Crippen molar-refractivity contribution in [1.29, 1.82) is 0 Å². The first kappa shape index (κ1) is 19.0. The largest absolute Gasteiger partial charge is 0.416 e. The molecule has 0 fully saturated rings. The zero-order valence-electron chi connectivity index (χ0n) is 14.5. The highest BCUT2D eigenvalue weighted by molar-refractivity contribution is 5.95. The van der Waals surface area contributed by atoms with E-state index in [9.17, 15) is 18.0 Å². The molecule has 0 radical (unpaired) electrons. The number of anilines is 1. The lowest BCUT2D eigenvalue weighted by Gasteiger charge is -2.14. The molecule has 2 aromatic rings. The molecule has 1 atom stereocenters. The number of halogens is 3. The Morgan fingerprint density at radius 3 is 2.00 bits per heavy atom. The van der Waals surface area contributed by atoms with Crippen molar-refractivity contribution < 1.29 is 18.0 Å². The average molecular weight is 349 g/mol. The molecule has 0 aliphatic rings. The van der Waals surface area contributed by atoms with E-state index in [1.807, 2.05) is 24.3 Å². The minimum absolute atomic E-state index is 0.253. The second kappa shape index (κ2) is 7.72. The van der Waals surface area contributed by atoms with Crippen LogP contribution in [0.15, 0.2) is 48.5 Å². The van der Waals surface area contributed by atoms with E-state index in [-0.39, 0.29) is 5.91 Å². The van der Waals surface area contributed by atoms with Gasteiger partial charge in [-0.1, -0.05) is 38.1 Å². The highest BCUT2D eigenvalue weighted by Gasteiger charge is 2.30. The van der Waals surface area contributed by atoms with Gasteiger partial charge in [0, 0.05) is 5.69 Å². The van der Waals surface area contributed by atoms with Crippen molar-refractivity contribution in [3.8, 4) is 0 Å². The molecule has 2 nitrogen and oxygen atoms in total. The third-order valence-corrected chi connectivity index (χ3v) is 4.00. The maximum atomic E-state index is 12.6. The number of benzene rings is 2. The molecule has 1 unspecified atom stereocenters. The molecule has 0 saturated heterocycles. The molecule has 2 aromatic carbocycles. The Labute approximate surface area is 146 Å². The first-order valence-electron chi connectivity index (χ1n) is 8.24. The summed E-state index contributed by atoms with van der Waals surface area (Å²) in [6.45, 7) is 6.07. The lowest BCUT2D eigenvalue weighted by atomic mass is 9.96. The summed E-state index contributed by atoms with van der Waals surface area (Å²) >= 11 is 0. The fourth-order valence-electron chi connectivity index (χ4n) is 2.56. The van der Waals surface area contributed by atoms with Gasteiger partial charge in [0.25, 0.3) is 0 Å². The molecular formula is C20H22F3NO. The van der Waals surface area contributed by atoms with Crippen LogP contribution in [0.4, 0.5) is 18.9 Å². The van der Waals surface area contributed by atoms with Gasteiger partial charge < -0.3 is 5.32 Å². The molecule has 1 N–H and O–H groups in total. The monoisotopic (exact) mass is 349 g/mol. The summed E-state index contributed by atoms with van der Waals surface area (Å²) in [6, 6.07) is 12.3. The highest BCUT2D eigenvalue weighted by atomic mass is 19.4. The first-order valence-corrected chi connectivity index (χ1v) is 8.24. The molecule has 0 aliphatic carbocycles. The molecule has 1 amide bonds. The fourth-order valence-corrected chi connectivity index (χ4v) is 2.56. The topological polar surface area (TPSA) is 29.1 Å². The van der Waals surface area contributed by atoms with E-state index < -0.39 is 17.7 Å². The molecular weight excluding hydrogens is 327 g/mol. The summed E-state index contributed by atoms with van der Waals surface area (Å²) in [6.07, 6.45) is -3.40. The van der Waals surface area contributed by atoms with Gasteiger partial charge in [0.05, 0.1) is 11.5 Å². The molecule has 0 bridgehead atoms. The Hall–Kier alpha value is -2.30. The lowest BCUT2D eigenvalue weighted by Crippen LogP contribution is -2.19. The second-order valence-electron chi connectivity index (χ2n) is 6.63. The Kier molecular flexibility index (Phi) is 5.88. The number of carbonyl (C=O) groups is 1. The zero-order valence-corrected chi connectivity index (χ0v) is 14.5. The van der Waals surface area contributed by atoms with Crippen molar-refractivity contribution in [3.05, 3.63) is 65.2 Å². The molecule has 25 heavy (non-hydrogen) atoms. The van der Waals surface area contributed by atoms with Gasteiger partial charge in [-0.2, -0.15) is 13.2 Å². The molecule has 0 aliphatic heterocycles. The maximum Gasteiger partial charge on any atom is 0.416 e. The second-order valence-corrected chi connectivity index (χ2v) is 6.63. The Bertz CT molecular complexity index is 703. The average Bonchev–Trinajstić information content (AvgIpc) is 2.54. The number of alkyl halides is 3.